The molecule has 0 bridgehead atoms. The van der Waals surface area contributed by atoms with E-state index in [1.807, 2.05) is 0 Å². The second-order valence-electron chi connectivity index (χ2n) is 5.72. The number of nitrogens with one attached hydrogen (secondary N) is 2. The monoisotopic (exact) mass is 352 g/mol. The summed E-state index contributed by atoms with van der Waals surface area (Å²) in [6, 6.07) is 8.36. The van der Waals surface area contributed by atoms with Gasteiger partial charge in [-0.15, -0.1) is 5.10 Å². The van der Waals surface area contributed by atoms with Crippen LogP contribution in [0.5, 0.6) is 0 Å². The van der Waals surface area contributed by atoms with Crippen LogP contribution in [-0.2, 0) is 11.3 Å². The van der Waals surface area contributed by atoms with Crippen molar-refractivity contribution in [3.05, 3.63) is 58.3 Å². The van der Waals surface area contributed by atoms with Crippen molar-refractivity contribution in [2.45, 2.75) is 20.4 Å². The molecule has 0 saturated heterocycles. The van der Waals surface area contributed by atoms with Crippen LogP contribution in [0.3, 0.4) is 0 Å². The fraction of sp³-hybridized carbons (Fsp3) is 0.176. The van der Waals surface area contributed by atoms with E-state index in [0.717, 1.165) is 0 Å². The molecular formula is C17H16N6O3. The molecule has 0 unspecified atom stereocenters. The Morgan fingerprint density at radius 2 is 2.08 bits per heavy atom. The molecular weight excluding hydrogens is 336 g/mol. The number of rotatable bonds is 5. The normalized spacial score (nSPS) is 10.5. The highest BCUT2D eigenvalue weighted by molar-refractivity contribution is 5.92. The Morgan fingerprint density at radius 3 is 2.77 bits per heavy atom. The van der Waals surface area contributed by atoms with E-state index in [4.69, 9.17) is 0 Å². The molecule has 0 fully saturated rings. The van der Waals surface area contributed by atoms with Crippen molar-refractivity contribution >= 4 is 17.4 Å². The third kappa shape index (κ3) is 4.07. The number of aryl methyl sites for hydroxylation is 1. The molecule has 0 aliphatic carbocycles. The van der Waals surface area contributed by atoms with Crippen LogP contribution < -0.4 is 10.9 Å². The number of hydrogen-bond acceptors (Lipinski definition) is 6. The molecule has 0 spiro atoms. The lowest BCUT2D eigenvalue weighted by Gasteiger charge is -2.07. The van der Waals surface area contributed by atoms with Gasteiger partial charge in [-0.3, -0.25) is 14.4 Å². The molecule has 9 heteroatoms. The van der Waals surface area contributed by atoms with Crippen LogP contribution in [0.15, 0.2) is 41.3 Å². The van der Waals surface area contributed by atoms with Crippen LogP contribution in [0.2, 0.25) is 0 Å². The van der Waals surface area contributed by atoms with Gasteiger partial charge in [-0.05, 0) is 19.1 Å². The molecule has 2 aromatic heterocycles. The lowest BCUT2D eigenvalue weighted by Crippen LogP contribution is -2.19. The summed E-state index contributed by atoms with van der Waals surface area (Å²) in [5.41, 5.74) is 1.78. The average Bonchev–Trinajstić information content (AvgIpc) is 3.03. The fourth-order valence-electron chi connectivity index (χ4n) is 2.34. The lowest BCUT2D eigenvalue weighted by atomic mass is 10.2. The Balaban J connectivity index is 1.74. The average molecular weight is 352 g/mol. The van der Waals surface area contributed by atoms with E-state index in [-0.39, 0.29) is 29.5 Å². The molecule has 3 aromatic rings. The van der Waals surface area contributed by atoms with E-state index >= 15 is 0 Å². The Bertz CT molecular complexity index is 1040. The topological polar surface area (TPSA) is 123 Å². The first-order valence-electron chi connectivity index (χ1n) is 7.80. The summed E-state index contributed by atoms with van der Waals surface area (Å²) in [6.45, 7) is 3.03. The van der Waals surface area contributed by atoms with Crippen molar-refractivity contribution in [1.29, 1.82) is 0 Å². The Morgan fingerprint density at radius 1 is 1.27 bits per heavy atom. The zero-order valence-electron chi connectivity index (χ0n) is 14.2. The number of anilines is 1. The fourth-order valence-corrected chi connectivity index (χ4v) is 2.34. The third-order valence-electron chi connectivity index (χ3n) is 3.49. The summed E-state index contributed by atoms with van der Waals surface area (Å²) in [6.07, 6.45) is 1.42. The highest BCUT2D eigenvalue weighted by atomic mass is 16.2. The number of carbonyl (C=O) groups is 2. The molecule has 132 valence electrons. The molecule has 0 aliphatic heterocycles. The second kappa shape index (κ2) is 7.09. The first-order chi connectivity index (χ1) is 12.4. The molecule has 1 amide bonds. The minimum atomic E-state index is -0.326. The predicted octanol–water partition coefficient (Wildman–Crippen LogP) is 1.18. The molecule has 2 heterocycles. The zero-order valence-corrected chi connectivity index (χ0v) is 14.2. The van der Waals surface area contributed by atoms with Crippen molar-refractivity contribution in [3.63, 3.8) is 0 Å². The molecule has 26 heavy (non-hydrogen) atoms. The lowest BCUT2D eigenvalue weighted by molar-refractivity contribution is -0.116. The molecule has 0 aliphatic rings. The van der Waals surface area contributed by atoms with E-state index in [9.17, 15) is 14.4 Å². The largest absolute Gasteiger partial charge is 0.324 e. The van der Waals surface area contributed by atoms with Gasteiger partial charge in [0.25, 0.3) is 5.56 Å². The van der Waals surface area contributed by atoms with Gasteiger partial charge in [0.2, 0.25) is 5.91 Å². The first-order valence-corrected chi connectivity index (χ1v) is 7.80. The smallest absolute Gasteiger partial charge is 0.251 e. The summed E-state index contributed by atoms with van der Waals surface area (Å²) in [5.74, 6) is -0.120. The maximum absolute atomic E-state index is 12.2. The van der Waals surface area contributed by atoms with Crippen molar-refractivity contribution < 1.29 is 9.59 Å². The van der Waals surface area contributed by atoms with Crippen molar-refractivity contribution in [3.8, 4) is 11.4 Å². The van der Waals surface area contributed by atoms with Crippen LogP contribution in [0.1, 0.15) is 23.1 Å². The highest BCUT2D eigenvalue weighted by Crippen LogP contribution is 2.18. The minimum Gasteiger partial charge on any atom is -0.324 e. The number of amides is 1. The standard InChI is InChI=1S/C17H16N6O3/c1-10-6-15(25)20-17(18-10)12-4-3-5-13(7-12)19-16(26)9-23-8-14(11(2)24)21-22-23/h3-8H,9H2,1-2H3,(H,19,26)(H,18,20,25). The van der Waals surface area contributed by atoms with Crippen LogP contribution >= 0.6 is 0 Å². The van der Waals surface area contributed by atoms with Gasteiger partial charge in [-0.25, -0.2) is 9.67 Å². The number of Topliss-reactive ketones (excluding diaryl/α,β-unsaturated/α-hetero) is 1. The quantitative estimate of drug-likeness (QED) is 0.665. The van der Waals surface area contributed by atoms with Crippen LogP contribution in [-0.4, -0.2) is 36.7 Å². The molecule has 9 nitrogen and oxygen atoms in total. The number of benzene rings is 1. The van der Waals surface area contributed by atoms with Gasteiger partial charge in [-0.1, -0.05) is 17.3 Å². The summed E-state index contributed by atoms with van der Waals surface area (Å²) in [5, 5.41) is 10.2. The van der Waals surface area contributed by atoms with Crippen molar-refractivity contribution in [2.24, 2.45) is 0 Å². The predicted molar refractivity (Wildman–Crippen MR) is 93.7 cm³/mol. The summed E-state index contributed by atoms with van der Waals surface area (Å²) in [7, 11) is 0. The van der Waals surface area contributed by atoms with E-state index < -0.39 is 0 Å². The first kappa shape index (κ1) is 17.2. The number of carbonyl (C=O) groups excluding carboxylic acids is 2. The highest BCUT2D eigenvalue weighted by Gasteiger charge is 2.10. The summed E-state index contributed by atoms with van der Waals surface area (Å²) in [4.78, 5) is 41.9. The molecule has 0 radical (unpaired) electrons. The Kier molecular flexibility index (Phi) is 4.70. The van der Waals surface area contributed by atoms with E-state index in [2.05, 4.69) is 25.6 Å². The molecule has 2 N–H and O–H groups in total. The zero-order chi connectivity index (χ0) is 18.7. The van der Waals surface area contributed by atoms with Crippen LogP contribution in [0.4, 0.5) is 5.69 Å². The minimum absolute atomic E-state index is 0.0793. The number of aromatic amines is 1. The van der Waals surface area contributed by atoms with Crippen LogP contribution in [0.25, 0.3) is 11.4 Å². The summed E-state index contributed by atoms with van der Waals surface area (Å²) < 4.78 is 1.29. The molecule has 3 rings (SSSR count). The van der Waals surface area contributed by atoms with Gasteiger partial charge in [0.05, 0.1) is 6.20 Å². The second-order valence-corrected chi connectivity index (χ2v) is 5.72. The molecule has 0 saturated carbocycles. The van der Waals surface area contributed by atoms with Gasteiger partial charge in [0.1, 0.15) is 18.1 Å². The van der Waals surface area contributed by atoms with Crippen LogP contribution in [0, 0.1) is 6.92 Å². The van der Waals surface area contributed by atoms with Gasteiger partial charge in [-0.2, -0.15) is 0 Å². The van der Waals surface area contributed by atoms with E-state index in [1.54, 1.807) is 31.2 Å². The number of nitrogens with zero attached hydrogens (tertiary/aromatic N) is 4. The maximum Gasteiger partial charge on any atom is 0.251 e. The Hall–Kier alpha value is -3.62. The van der Waals surface area contributed by atoms with Gasteiger partial charge in [0.15, 0.2) is 5.78 Å². The van der Waals surface area contributed by atoms with E-state index in [1.165, 1.54) is 23.9 Å². The van der Waals surface area contributed by atoms with Crippen molar-refractivity contribution in [1.82, 2.24) is 25.0 Å². The number of H-pyrrole nitrogens is 1. The Labute approximate surface area is 148 Å². The van der Waals surface area contributed by atoms with E-state index in [0.29, 0.717) is 22.8 Å². The summed E-state index contributed by atoms with van der Waals surface area (Å²) >= 11 is 0. The number of aromatic nitrogens is 5. The van der Waals surface area contributed by atoms with Gasteiger partial charge >= 0.3 is 0 Å². The molecule has 0 atom stereocenters. The van der Waals surface area contributed by atoms with Crippen molar-refractivity contribution in [2.75, 3.05) is 5.32 Å². The number of ketones is 1. The number of hydrogen-bond donors (Lipinski definition) is 2. The maximum atomic E-state index is 12.2. The third-order valence-corrected chi connectivity index (χ3v) is 3.49. The molecule has 1 aromatic carbocycles. The van der Waals surface area contributed by atoms with Gasteiger partial charge in [0, 0.05) is 29.9 Å². The SMILES string of the molecule is CC(=O)c1cn(CC(=O)Nc2cccc(-c3nc(C)cc(=O)[nH]3)c2)nn1. The van der Waals surface area contributed by atoms with Gasteiger partial charge < -0.3 is 10.3 Å².